The molecule has 3 amide bonds. The Balaban J connectivity index is 1.26. The summed E-state index contributed by atoms with van der Waals surface area (Å²) in [6.45, 7) is 2.78. The van der Waals surface area contributed by atoms with Crippen LogP contribution in [0, 0.1) is 6.92 Å². The molecule has 7 nitrogen and oxygen atoms in total. The second kappa shape index (κ2) is 8.32. The lowest BCUT2D eigenvalue weighted by Crippen LogP contribution is -2.31. The minimum absolute atomic E-state index is 0.151. The molecular formula is C23H22N4O3. The maximum absolute atomic E-state index is 12.5. The van der Waals surface area contributed by atoms with Crippen LogP contribution >= 0.6 is 0 Å². The molecule has 0 atom stereocenters. The zero-order valence-corrected chi connectivity index (χ0v) is 16.7. The Morgan fingerprint density at radius 2 is 1.80 bits per heavy atom. The van der Waals surface area contributed by atoms with E-state index in [0.29, 0.717) is 29.8 Å². The average molecular weight is 402 g/mol. The van der Waals surface area contributed by atoms with Crippen LogP contribution in [0.15, 0.2) is 60.9 Å². The molecule has 4 rings (SSSR count). The first-order chi connectivity index (χ1) is 14.5. The fourth-order valence-corrected chi connectivity index (χ4v) is 3.50. The SMILES string of the molecule is Cc1ccc2c(c1)C(=O)N(CCCC(=O)Nc1ccc(Cn3cccn3)cc1)C2=O. The highest BCUT2D eigenvalue weighted by atomic mass is 16.2. The predicted octanol–water partition coefficient (Wildman–Crippen LogP) is 3.25. The van der Waals surface area contributed by atoms with Crippen molar-refractivity contribution in [2.45, 2.75) is 26.3 Å². The Morgan fingerprint density at radius 1 is 1.03 bits per heavy atom. The van der Waals surface area contributed by atoms with E-state index in [1.165, 1.54) is 4.90 Å². The number of rotatable bonds is 7. The lowest BCUT2D eigenvalue weighted by Gasteiger charge is -2.13. The number of aromatic nitrogens is 2. The van der Waals surface area contributed by atoms with E-state index in [1.807, 2.05) is 54.2 Å². The Bertz CT molecular complexity index is 1090. The van der Waals surface area contributed by atoms with Gasteiger partial charge in [-0.05, 0) is 49.2 Å². The smallest absolute Gasteiger partial charge is 0.261 e. The van der Waals surface area contributed by atoms with Crippen LogP contribution in [0.2, 0.25) is 0 Å². The first kappa shape index (κ1) is 19.6. The molecule has 1 N–H and O–H groups in total. The van der Waals surface area contributed by atoms with Gasteiger partial charge in [0, 0.05) is 31.0 Å². The van der Waals surface area contributed by atoms with Crippen LogP contribution in [0.5, 0.6) is 0 Å². The van der Waals surface area contributed by atoms with Crippen molar-refractivity contribution in [2.24, 2.45) is 0 Å². The van der Waals surface area contributed by atoms with E-state index in [1.54, 1.807) is 18.3 Å². The molecule has 152 valence electrons. The summed E-state index contributed by atoms with van der Waals surface area (Å²) in [5, 5.41) is 7.02. The molecule has 0 unspecified atom stereocenters. The Hall–Kier alpha value is -3.74. The zero-order chi connectivity index (χ0) is 21.1. The minimum Gasteiger partial charge on any atom is -0.326 e. The first-order valence-corrected chi connectivity index (χ1v) is 9.84. The summed E-state index contributed by atoms with van der Waals surface area (Å²) in [4.78, 5) is 38.4. The van der Waals surface area contributed by atoms with E-state index in [4.69, 9.17) is 0 Å². The molecule has 3 aromatic rings. The van der Waals surface area contributed by atoms with Gasteiger partial charge in [-0.1, -0.05) is 23.8 Å². The molecule has 1 aliphatic rings. The number of aryl methyl sites for hydroxylation is 1. The molecule has 0 bridgehead atoms. The molecule has 1 aliphatic heterocycles. The predicted molar refractivity (Wildman–Crippen MR) is 112 cm³/mol. The van der Waals surface area contributed by atoms with Crippen LogP contribution < -0.4 is 5.32 Å². The van der Waals surface area contributed by atoms with Crippen LogP contribution in [-0.2, 0) is 11.3 Å². The third kappa shape index (κ3) is 4.15. The summed E-state index contributed by atoms with van der Waals surface area (Å²) in [5.41, 5.74) is 3.61. The van der Waals surface area contributed by atoms with Gasteiger partial charge >= 0.3 is 0 Å². The first-order valence-electron chi connectivity index (χ1n) is 9.84. The maximum atomic E-state index is 12.5. The van der Waals surface area contributed by atoms with Crippen molar-refractivity contribution in [2.75, 3.05) is 11.9 Å². The summed E-state index contributed by atoms with van der Waals surface area (Å²) in [6, 6.07) is 14.7. The van der Waals surface area contributed by atoms with E-state index < -0.39 is 0 Å². The second-order valence-electron chi connectivity index (χ2n) is 7.36. The van der Waals surface area contributed by atoms with Crippen LogP contribution in [-0.4, -0.2) is 38.9 Å². The zero-order valence-electron chi connectivity index (χ0n) is 16.7. The fourth-order valence-electron chi connectivity index (χ4n) is 3.50. The number of hydrogen-bond acceptors (Lipinski definition) is 4. The summed E-state index contributed by atoms with van der Waals surface area (Å²) in [6.07, 6.45) is 4.26. The second-order valence-corrected chi connectivity index (χ2v) is 7.36. The number of nitrogens with one attached hydrogen (secondary N) is 1. The number of fused-ring (bicyclic) bond motifs is 1. The van der Waals surface area contributed by atoms with Crippen LogP contribution in [0.1, 0.15) is 44.7 Å². The third-order valence-electron chi connectivity index (χ3n) is 5.05. The lowest BCUT2D eigenvalue weighted by atomic mass is 10.1. The molecule has 2 heterocycles. The molecule has 7 heteroatoms. The van der Waals surface area contributed by atoms with Gasteiger partial charge in [-0.25, -0.2) is 0 Å². The molecule has 0 saturated carbocycles. The summed E-state index contributed by atoms with van der Waals surface area (Å²) < 4.78 is 1.83. The molecule has 0 spiro atoms. The Kier molecular flexibility index (Phi) is 5.43. The summed E-state index contributed by atoms with van der Waals surface area (Å²) >= 11 is 0. The van der Waals surface area contributed by atoms with Gasteiger partial charge in [0.25, 0.3) is 11.8 Å². The molecule has 1 aromatic heterocycles. The topological polar surface area (TPSA) is 84.3 Å². The number of imide groups is 1. The largest absolute Gasteiger partial charge is 0.326 e. The van der Waals surface area contributed by atoms with Crippen molar-refractivity contribution in [3.05, 3.63) is 83.2 Å². The van der Waals surface area contributed by atoms with Gasteiger partial charge in [-0.15, -0.1) is 0 Å². The standard InChI is InChI=1S/C23H22N4O3/c1-16-5-10-19-20(14-16)23(30)27(22(19)29)13-2-4-21(28)25-18-8-6-17(7-9-18)15-26-12-3-11-24-26/h3,5-12,14H,2,4,13,15H2,1H3,(H,25,28). The molecule has 30 heavy (non-hydrogen) atoms. The average Bonchev–Trinajstić information content (AvgIpc) is 3.32. The van der Waals surface area contributed by atoms with Gasteiger partial charge in [-0.3, -0.25) is 24.0 Å². The Morgan fingerprint density at radius 3 is 2.53 bits per heavy atom. The number of carbonyl (C=O) groups excluding carboxylic acids is 3. The molecule has 2 aromatic carbocycles. The highest BCUT2D eigenvalue weighted by Crippen LogP contribution is 2.24. The number of benzene rings is 2. The number of amides is 3. The van der Waals surface area contributed by atoms with Crippen molar-refractivity contribution in [1.82, 2.24) is 14.7 Å². The van der Waals surface area contributed by atoms with Crippen LogP contribution in [0.4, 0.5) is 5.69 Å². The van der Waals surface area contributed by atoms with Gasteiger partial charge in [0.1, 0.15) is 0 Å². The van der Waals surface area contributed by atoms with Crippen molar-refractivity contribution >= 4 is 23.4 Å². The molecule has 0 radical (unpaired) electrons. The molecular weight excluding hydrogens is 380 g/mol. The van der Waals surface area contributed by atoms with Gasteiger partial charge in [0.05, 0.1) is 17.7 Å². The molecule has 0 fully saturated rings. The number of carbonyl (C=O) groups is 3. The van der Waals surface area contributed by atoms with Crippen molar-refractivity contribution in [3.8, 4) is 0 Å². The van der Waals surface area contributed by atoms with Gasteiger partial charge in [-0.2, -0.15) is 5.10 Å². The number of anilines is 1. The van der Waals surface area contributed by atoms with E-state index in [2.05, 4.69) is 10.4 Å². The highest BCUT2D eigenvalue weighted by Gasteiger charge is 2.34. The van der Waals surface area contributed by atoms with E-state index >= 15 is 0 Å². The quantitative estimate of drug-likeness (QED) is 0.615. The lowest BCUT2D eigenvalue weighted by molar-refractivity contribution is -0.116. The number of hydrogen-bond donors (Lipinski definition) is 1. The minimum atomic E-state index is -0.289. The maximum Gasteiger partial charge on any atom is 0.261 e. The highest BCUT2D eigenvalue weighted by molar-refractivity contribution is 6.21. The van der Waals surface area contributed by atoms with E-state index in [0.717, 1.165) is 11.1 Å². The van der Waals surface area contributed by atoms with E-state index in [9.17, 15) is 14.4 Å². The fraction of sp³-hybridized carbons (Fsp3) is 0.217. The van der Waals surface area contributed by atoms with E-state index in [-0.39, 0.29) is 30.7 Å². The molecule has 0 aliphatic carbocycles. The summed E-state index contributed by atoms with van der Waals surface area (Å²) in [5.74, 6) is -0.725. The van der Waals surface area contributed by atoms with Crippen molar-refractivity contribution < 1.29 is 14.4 Å². The Labute approximate surface area is 174 Å². The van der Waals surface area contributed by atoms with Gasteiger partial charge in [0.15, 0.2) is 0 Å². The van der Waals surface area contributed by atoms with Gasteiger partial charge < -0.3 is 5.32 Å². The monoisotopic (exact) mass is 402 g/mol. The molecule has 0 saturated heterocycles. The summed E-state index contributed by atoms with van der Waals surface area (Å²) in [7, 11) is 0. The van der Waals surface area contributed by atoms with Gasteiger partial charge in [0.2, 0.25) is 5.91 Å². The van der Waals surface area contributed by atoms with Crippen molar-refractivity contribution in [1.29, 1.82) is 0 Å². The normalized spacial score (nSPS) is 12.9. The van der Waals surface area contributed by atoms with Crippen LogP contribution in [0.25, 0.3) is 0 Å². The third-order valence-corrected chi connectivity index (χ3v) is 5.05. The number of nitrogens with zero attached hydrogens (tertiary/aromatic N) is 3. The van der Waals surface area contributed by atoms with Crippen LogP contribution in [0.3, 0.4) is 0 Å². The van der Waals surface area contributed by atoms with Crippen molar-refractivity contribution in [3.63, 3.8) is 0 Å².